The van der Waals surface area contributed by atoms with E-state index in [0.717, 1.165) is 5.56 Å². The third kappa shape index (κ3) is 4.75. The van der Waals surface area contributed by atoms with E-state index in [9.17, 15) is 9.18 Å². The van der Waals surface area contributed by atoms with Crippen LogP contribution < -0.4 is 9.64 Å². The number of carbonyl (C=O) groups excluding carboxylic acids is 1. The molecule has 0 saturated carbocycles. The molecular weight excluding hydrogens is 474 g/mol. The monoisotopic (exact) mass is 490 g/mol. The summed E-state index contributed by atoms with van der Waals surface area (Å²) in [6.07, 6.45) is 0.104. The van der Waals surface area contributed by atoms with Gasteiger partial charge in [-0.25, -0.2) is 4.39 Å². The first-order chi connectivity index (χ1) is 15.4. The second-order valence-corrected chi connectivity index (χ2v) is 8.51. The fraction of sp³-hybridized carbons (Fsp3) is 0.167. The van der Waals surface area contributed by atoms with Crippen LogP contribution in [0.5, 0.6) is 5.75 Å². The van der Waals surface area contributed by atoms with Gasteiger partial charge in [0.1, 0.15) is 22.8 Å². The number of anilines is 1. The van der Waals surface area contributed by atoms with Crippen LogP contribution >= 0.6 is 34.8 Å². The van der Waals surface area contributed by atoms with Gasteiger partial charge in [-0.1, -0.05) is 46.9 Å². The van der Waals surface area contributed by atoms with Crippen LogP contribution in [0.15, 0.2) is 65.7 Å². The summed E-state index contributed by atoms with van der Waals surface area (Å²) in [6.45, 7) is 0.282. The van der Waals surface area contributed by atoms with Gasteiger partial charge in [0.15, 0.2) is 0 Å². The Kier molecular flexibility index (Phi) is 6.70. The predicted molar refractivity (Wildman–Crippen MR) is 127 cm³/mol. The van der Waals surface area contributed by atoms with Gasteiger partial charge >= 0.3 is 0 Å². The molecular formula is C24H18Cl3FN2O2. The number of halogens is 4. The molecule has 0 saturated heterocycles. The third-order valence-corrected chi connectivity index (χ3v) is 6.12. The highest BCUT2D eigenvalue weighted by atomic mass is 35.5. The van der Waals surface area contributed by atoms with E-state index in [0.29, 0.717) is 32.6 Å². The third-order valence-electron chi connectivity index (χ3n) is 5.21. The van der Waals surface area contributed by atoms with Crippen LogP contribution in [0.25, 0.3) is 0 Å². The standard InChI is InChI=1S/C24H18Cl3FN2O2/c1-32-18-6-2-14(3-7-18)13-30-22-9-4-16(25)12-19(22)23(27)29-21(24(30)31)11-15-10-17(28)5-8-20(15)26/h2-10,12,21H,11,13H2,1H3. The van der Waals surface area contributed by atoms with Crippen LogP contribution in [0.3, 0.4) is 0 Å². The predicted octanol–water partition coefficient (Wildman–Crippen LogP) is 6.28. The molecule has 3 aromatic rings. The Balaban J connectivity index is 1.75. The summed E-state index contributed by atoms with van der Waals surface area (Å²) in [5.41, 5.74) is 2.51. The summed E-state index contributed by atoms with van der Waals surface area (Å²) >= 11 is 18.9. The SMILES string of the molecule is COc1ccc(CN2C(=O)C(Cc3cc(F)ccc3Cl)N=C(Cl)c3cc(Cl)ccc32)cc1. The molecule has 4 nitrogen and oxygen atoms in total. The lowest BCUT2D eigenvalue weighted by Crippen LogP contribution is -2.38. The quantitative estimate of drug-likeness (QED) is 0.421. The molecule has 0 aromatic heterocycles. The molecule has 0 N–H and O–H groups in total. The average molecular weight is 492 g/mol. The first kappa shape index (κ1) is 22.6. The van der Waals surface area contributed by atoms with Crippen LogP contribution in [0, 0.1) is 5.82 Å². The van der Waals surface area contributed by atoms with Crippen molar-refractivity contribution in [1.29, 1.82) is 0 Å². The first-order valence-electron chi connectivity index (χ1n) is 9.77. The Morgan fingerprint density at radius 3 is 2.50 bits per heavy atom. The molecule has 0 bridgehead atoms. The van der Waals surface area contributed by atoms with Crippen molar-refractivity contribution in [3.05, 3.63) is 93.2 Å². The second-order valence-electron chi connectivity index (χ2n) is 7.31. The van der Waals surface area contributed by atoms with E-state index in [1.807, 2.05) is 24.3 Å². The number of hydrogen-bond acceptors (Lipinski definition) is 3. The number of methoxy groups -OCH3 is 1. The summed E-state index contributed by atoms with van der Waals surface area (Å²) in [6, 6.07) is 15.7. The Labute approximate surface area is 200 Å². The Morgan fingerprint density at radius 1 is 1.03 bits per heavy atom. The molecule has 0 aliphatic carbocycles. The molecule has 0 fully saturated rings. The maximum atomic E-state index is 13.8. The smallest absolute Gasteiger partial charge is 0.252 e. The number of nitrogens with zero attached hydrogens (tertiary/aromatic N) is 2. The van der Waals surface area contributed by atoms with Crippen LogP contribution in [0.4, 0.5) is 10.1 Å². The van der Waals surface area contributed by atoms with E-state index in [4.69, 9.17) is 39.5 Å². The van der Waals surface area contributed by atoms with Gasteiger partial charge in [0.2, 0.25) is 0 Å². The van der Waals surface area contributed by atoms with Gasteiger partial charge in [0, 0.05) is 22.0 Å². The molecule has 1 atom stereocenters. The van der Waals surface area contributed by atoms with Crippen molar-refractivity contribution in [2.75, 3.05) is 12.0 Å². The van der Waals surface area contributed by atoms with Gasteiger partial charge in [-0.05, 0) is 59.7 Å². The maximum Gasteiger partial charge on any atom is 0.252 e. The summed E-state index contributed by atoms with van der Waals surface area (Å²) in [5.74, 6) is -0.000743. The summed E-state index contributed by atoms with van der Waals surface area (Å²) in [7, 11) is 1.59. The number of rotatable bonds is 5. The number of carbonyl (C=O) groups is 1. The van der Waals surface area contributed by atoms with Crippen molar-refractivity contribution >= 4 is 51.6 Å². The van der Waals surface area contributed by atoms with Crippen LogP contribution in [-0.2, 0) is 17.8 Å². The van der Waals surface area contributed by atoms with Crippen molar-refractivity contribution in [3.8, 4) is 5.75 Å². The van der Waals surface area contributed by atoms with E-state index < -0.39 is 11.9 Å². The minimum absolute atomic E-state index is 0.104. The zero-order valence-corrected chi connectivity index (χ0v) is 19.3. The number of amides is 1. The number of ether oxygens (including phenoxy) is 1. The molecule has 32 heavy (non-hydrogen) atoms. The minimum atomic E-state index is -0.883. The normalized spacial score (nSPS) is 15.8. The van der Waals surface area contributed by atoms with Gasteiger partial charge in [0.25, 0.3) is 5.91 Å². The average Bonchev–Trinajstić information content (AvgIpc) is 2.87. The summed E-state index contributed by atoms with van der Waals surface area (Å²) in [5, 5.41) is 0.989. The molecule has 164 valence electrons. The highest BCUT2D eigenvalue weighted by Crippen LogP contribution is 2.32. The van der Waals surface area contributed by atoms with Crippen molar-refractivity contribution < 1.29 is 13.9 Å². The molecule has 1 aliphatic heterocycles. The molecule has 1 aliphatic rings. The topological polar surface area (TPSA) is 41.9 Å². The highest BCUT2D eigenvalue weighted by molar-refractivity contribution is 6.70. The van der Waals surface area contributed by atoms with Gasteiger partial charge in [-0.3, -0.25) is 9.79 Å². The van der Waals surface area contributed by atoms with Crippen LogP contribution in [0.2, 0.25) is 10.0 Å². The lowest BCUT2D eigenvalue weighted by atomic mass is 10.0. The fourth-order valence-corrected chi connectivity index (χ4v) is 4.22. The van der Waals surface area contributed by atoms with Gasteiger partial charge < -0.3 is 9.64 Å². The minimum Gasteiger partial charge on any atom is -0.497 e. The van der Waals surface area contributed by atoms with Gasteiger partial charge in [-0.2, -0.15) is 0 Å². The van der Waals surface area contributed by atoms with E-state index in [1.165, 1.54) is 18.2 Å². The number of hydrogen-bond donors (Lipinski definition) is 0. The van der Waals surface area contributed by atoms with Crippen LogP contribution in [-0.4, -0.2) is 24.2 Å². The highest BCUT2D eigenvalue weighted by Gasteiger charge is 2.32. The fourth-order valence-electron chi connectivity index (χ4n) is 3.59. The number of fused-ring (bicyclic) bond motifs is 1. The summed E-state index contributed by atoms with van der Waals surface area (Å²) < 4.78 is 19.0. The van der Waals surface area contributed by atoms with Crippen molar-refractivity contribution in [2.24, 2.45) is 4.99 Å². The molecule has 1 unspecified atom stereocenters. The van der Waals surface area contributed by atoms with Crippen molar-refractivity contribution in [1.82, 2.24) is 0 Å². The van der Waals surface area contributed by atoms with E-state index in [2.05, 4.69) is 4.99 Å². The lowest BCUT2D eigenvalue weighted by Gasteiger charge is -2.25. The van der Waals surface area contributed by atoms with Gasteiger partial charge in [-0.15, -0.1) is 0 Å². The largest absolute Gasteiger partial charge is 0.497 e. The second kappa shape index (κ2) is 9.49. The Hall–Kier alpha value is -2.60. The molecule has 0 spiro atoms. The molecule has 1 amide bonds. The number of benzene rings is 3. The molecule has 8 heteroatoms. The van der Waals surface area contributed by atoms with Gasteiger partial charge in [0.05, 0.1) is 19.3 Å². The molecule has 4 rings (SSSR count). The molecule has 0 radical (unpaired) electrons. The van der Waals surface area contributed by atoms with E-state index >= 15 is 0 Å². The van der Waals surface area contributed by atoms with E-state index in [1.54, 1.807) is 30.2 Å². The maximum absolute atomic E-state index is 13.8. The Bertz CT molecular complexity index is 1200. The number of aliphatic imine (C=N–C) groups is 1. The number of benzodiazepines with no additional fused rings is 1. The first-order valence-corrected chi connectivity index (χ1v) is 10.9. The van der Waals surface area contributed by atoms with Crippen molar-refractivity contribution in [2.45, 2.75) is 19.0 Å². The summed E-state index contributed by atoms with van der Waals surface area (Å²) in [4.78, 5) is 19.7. The lowest BCUT2D eigenvalue weighted by molar-refractivity contribution is -0.119. The Morgan fingerprint density at radius 2 is 1.78 bits per heavy atom. The van der Waals surface area contributed by atoms with Crippen molar-refractivity contribution in [3.63, 3.8) is 0 Å². The molecule has 1 heterocycles. The van der Waals surface area contributed by atoms with E-state index in [-0.39, 0.29) is 24.0 Å². The zero-order chi connectivity index (χ0) is 22.8. The zero-order valence-electron chi connectivity index (χ0n) is 17.0. The van der Waals surface area contributed by atoms with Crippen LogP contribution in [0.1, 0.15) is 16.7 Å². The molecule has 3 aromatic carbocycles.